The summed E-state index contributed by atoms with van der Waals surface area (Å²) in [5, 5.41) is 0. The standard InChI is InChI=1S/C32H59O7P/c1-3-5-6-7-8-9-10-11-12-13-14-15-16-17-18-19-20-24-27-36-40(33,37-31-30-35-29-28-34-4-2)39-38-32-25-22-21-23-26-32/h21-23,25-26H,3-20,24,27-31H2,1-2H3. The molecule has 0 radical (unpaired) electrons. The van der Waals surface area contributed by atoms with Crippen molar-refractivity contribution in [2.45, 2.75) is 129 Å². The number of benzene rings is 1. The van der Waals surface area contributed by atoms with E-state index in [1.165, 1.54) is 96.3 Å². The first-order valence-corrected chi connectivity index (χ1v) is 17.6. The van der Waals surface area contributed by atoms with Crippen LogP contribution in [-0.2, 0) is 27.8 Å². The lowest BCUT2D eigenvalue weighted by atomic mass is 10.0. The third-order valence-electron chi connectivity index (χ3n) is 6.77. The number of unbranched alkanes of at least 4 members (excludes halogenated alkanes) is 17. The smallest absolute Gasteiger partial charge is 0.379 e. The molecule has 0 aliphatic carbocycles. The predicted molar refractivity (Wildman–Crippen MR) is 164 cm³/mol. The Balaban J connectivity index is 2.04. The maximum atomic E-state index is 13.0. The Hall–Kier alpha value is -0.950. The molecule has 7 nitrogen and oxygen atoms in total. The van der Waals surface area contributed by atoms with Crippen LogP contribution in [0.5, 0.6) is 5.75 Å². The second-order valence-corrected chi connectivity index (χ2v) is 12.0. The van der Waals surface area contributed by atoms with Crippen LogP contribution in [0.25, 0.3) is 0 Å². The van der Waals surface area contributed by atoms with Crippen molar-refractivity contribution in [2.24, 2.45) is 0 Å². The fraction of sp³-hybridized carbons (Fsp3) is 0.812. The van der Waals surface area contributed by atoms with Crippen molar-refractivity contribution < 1.29 is 32.6 Å². The third kappa shape index (κ3) is 23.7. The largest absolute Gasteiger partial charge is 0.511 e. The van der Waals surface area contributed by atoms with E-state index < -0.39 is 7.82 Å². The molecule has 1 unspecified atom stereocenters. The fourth-order valence-electron chi connectivity index (χ4n) is 4.40. The van der Waals surface area contributed by atoms with Crippen molar-refractivity contribution in [2.75, 3.05) is 39.6 Å². The zero-order chi connectivity index (χ0) is 28.8. The highest BCUT2D eigenvalue weighted by Crippen LogP contribution is 2.49. The Morgan fingerprint density at radius 2 is 0.975 bits per heavy atom. The second-order valence-electron chi connectivity index (χ2n) is 10.4. The quantitative estimate of drug-likeness (QED) is 0.0371. The van der Waals surface area contributed by atoms with E-state index >= 15 is 0 Å². The van der Waals surface area contributed by atoms with Gasteiger partial charge in [0, 0.05) is 6.61 Å². The van der Waals surface area contributed by atoms with Crippen molar-refractivity contribution in [1.82, 2.24) is 0 Å². The molecule has 0 aliphatic heterocycles. The first-order valence-electron chi connectivity index (χ1n) is 16.2. The van der Waals surface area contributed by atoms with Crippen molar-refractivity contribution in [3.05, 3.63) is 30.3 Å². The van der Waals surface area contributed by atoms with E-state index in [4.69, 9.17) is 28.1 Å². The first kappa shape index (κ1) is 37.1. The molecule has 0 heterocycles. The lowest BCUT2D eigenvalue weighted by Crippen LogP contribution is -2.11. The summed E-state index contributed by atoms with van der Waals surface area (Å²) in [6.07, 6.45) is 23.7. The van der Waals surface area contributed by atoms with Crippen LogP contribution >= 0.6 is 7.82 Å². The van der Waals surface area contributed by atoms with E-state index in [9.17, 15) is 4.57 Å². The lowest BCUT2D eigenvalue weighted by molar-refractivity contribution is -0.134. The zero-order valence-corrected chi connectivity index (χ0v) is 26.6. The van der Waals surface area contributed by atoms with Gasteiger partial charge in [0.2, 0.25) is 0 Å². The van der Waals surface area contributed by atoms with Gasteiger partial charge in [0.25, 0.3) is 0 Å². The molecule has 1 rings (SSSR count). The molecule has 1 atom stereocenters. The SMILES string of the molecule is CCCCCCCCCCCCCCCCCCCCOP(=O)(OCCOCCOCC)OOc1ccccc1. The van der Waals surface area contributed by atoms with Gasteiger partial charge in [-0.3, -0.25) is 9.05 Å². The highest BCUT2D eigenvalue weighted by atomic mass is 31.2. The minimum absolute atomic E-state index is 0.0701. The van der Waals surface area contributed by atoms with Crippen LogP contribution in [0.15, 0.2) is 30.3 Å². The van der Waals surface area contributed by atoms with Gasteiger partial charge in [-0.15, -0.1) is 0 Å². The normalized spacial score (nSPS) is 12.9. The maximum absolute atomic E-state index is 13.0. The van der Waals surface area contributed by atoms with Gasteiger partial charge in [-0.25, -0.2) is 4.57 Å². The summed E-state index contributed by atoms with van der Waals surface area (Å²) in [4.78, 5) is 5.20. The van der Waals surface area contributed by atoms with Crippen LogP contribution in [0, 0.1) is 0 Å². The Labute approximate surface area is 245 Å². The average molecular weight is 587 g/mol. The Morgan fingerprint density at radius 1 is 0.525 bits per heavy atom. The minimum Gasteiger partial charge on any atom is -0.379 e. The van der Waals surface area contributed by atoms with Crippen LogP contribution in [0.3, 0.4) is 0 Å². The number of phosphoric acid groups is 1. The maximum Gasteiger partial charge on any atom is 0.511 e. The van der Waals surface area contributed by atoms with Crippen LogP contribution in [0.2, 0.25) is 0 Å². The average Bonchev–Trinajstić information content (AvgIpc) is 2.97. The lowest BCUT2D eigenvalue weighted by Gasteiger charge is -2.17. The molecule has 0 aliphatic rings. The van der Waals surface area contributed by atoms with Gasteiger partial charge in [-0.1, -0.05) is 139 Å². The molecular weight excluding hydrogens is 527 g/mol. The fourth-order valence-corrected chi connectivity index (χ4v) is 5.39. The van der Waals surface area contributed by atoms with Crippen molar-refractivity contribution >= 4 is 7.82 Å². The molecule has 0 saturated heterocycles. The summed E-state index contributed by atoms with van der Waals surface area (Å²) in [6.45, 7) is 6.44. The summed E-state index contributed by atoms with van der Waals surface area (Å²) < 4.78 is 39.7. The molecular formula is C32H59O7P. The van der Waals surface area contributed by atoms with Crippen molar-refractivity contribution in [3.8, 4) is 5.75 Å². The van der Waals surface area contributed by atoms with Gasteiger partial charge in [0.1, 0.15) is 0 Å². The number of hydrogen-bond donors (Lipinski definition) is 0. The Kier molecular flexibility index (Phi) is 26.1. The molecule has 0 spiro atoms. The van der Waals surface area contributed by atoms with E-state index in [0.29, 0.717) is 32.2 Å². The van der Waals surface area contributed by atoms with E-state index in [1.54, 1.807) is 24.3 Å². The first-order chi connectivity index (χ1) is 19.7. The molecule has 1 aromatic carbocycles. The molecule has 234 valence electrons. The monoisotopic (exact) mass is 586 g/mol. The molecule has 1 aromatic rings. The van der Waals surface area contributed by atoms with Crippen molar-refractivity contribution in [1.29, 1.82) is 0 Å². The van der Waals surface area contributed by atoms with Gasteiger partial charge in [-0.2, -0.15) is 0 Å². The predicted octanol–water partition coefficient (Wildman–Crippen LogP) is 10.2. The van der Waals surface area contributed by atoms with E-state index in [-0.39, 0.29) is 13.2 Å². The number of hydrogen-bond acceptors (Lipinski definition) is 7. The summed E-state index contributed by atoms with van der Waals surface area (Å²) in [5.74, 6) is 0.427. The van der Waals surface area contributed by atoms with Crippen molar-refractivity contribution in [3.63, 3.8) is 0 Å². The van der Waals surface area contributed by atoms with E-state index in [2.05, 4.69) is 6.92 Å². The van der Waals surface area contributed by atoms with E-state index in [1.807, 2.05) is 13.0 Å². The minimum atomic E-state index is -3.87. The van der Waals surface area contributed by atoms with Gasteiger partial charge in [0.05, 0.1) is 33.0 Å². The summed E-state index contributed by atoms with van der Waals surface area (Å²) in [5.41, 5.74) is 0. The second kappa shape index (κ2) is 28.2. The molecule has 0 N–H and O–H groups in total. The highest BCUT2D eigenvalue weighted by Gasteiger charge is 2.29. The van der Waals surface area contributed by atoms with Crippen LogP contribution in [-0.4, -0.2) is 39.6 Å². The summed E-state index contributed by atoms with van der Waals surface area (Å²) in [7, 11) is -3.87. The van der Waals surface area contributed by atoms with Gasteiger partial charge >= 0.3 is 7.82 Å². The van der Waals surface area contributed by atoms with Gasteiger partial charge < -0.3 is 14.4 Å². The molecule has 0 bridgehead atoms. The third-order valence-corrected chi connectivity index (χ3v) is 8.02. The van der Waals surface area contributed by atoms with Gasteiger partial charge in [-0.05, 0) is 25.5 Å². The Bertz CT molecular complexity index is 689. The van der Waals surface area contributed by atoms with Crippen LogP contribution < -0.4 is 4.89 Å². The molecule has 0 saturated carbocycles. The zero-order valence-electron chi connectivity index (χ0n) is 25.7. The topological polar surface area (TPSA) is 72.5 Å². The number of rotatable bonds is 31. The highest BCUT2D eigenvalue weighted by molar-refractivity contribution is 7.48. The molecule has 0 fully saturated rings. The molecule has 8 heteroatoms. The Morgan fingerprint density at radius 3 is 1.50 bits per heavy atom. The van der Waals surface area contributed by atoms with Gasteiger partial charge in [0.15, 0.2) is 5.75 Å². The molecule has 0 amide bonds. The number of phosphoric ester groups is 1. The number of ether oxygens (including phenoxy) is 2. The molecule has 0 aromatic heterocycles. The summed E-state index contributed by atoms with van der Waals surface area (Å²) in [6, 6.07) is 8.87. The van der Waals surface area contributed by atoms with Crippen LogP contribution in [0.4, 0.5) is 0 Å². The summed E-state index contributed by atoms with van der Waals surface area (Å²) >= 11 is 0. The molecule has 40 heavy (non-hydrogen) atoms. The van der Waals surface area contributed by atoms with Crippen LogP contribution in [0.1, 0.15) is 129 Å². The van der Waals surface area contributed by atoms with E-state index in [0.717, 1.165) is 19.3 Å². The number of para-hydroxylation sites is 1.